The van der Waals surface area contributed by atoms with E-state index in [0.29, 0.717) is 26.2 Å². The van der Waals surface area contributed by atoms with Crippen LogP contribution < -0.4 is 5.73 Å². The van der Waals surface area contributed by atoms with Crippen molar-refractivity contribution < 1.29 is 19.4 Å². The molecule has 0 radical (unpaired) electrons. The van der Waals surface area contributed by atoms with Gasteiger partial charge in [-0.25, -0.2) is 0 Å². The number of ether oxygens (including phenoxy) is 2. The van der Waals surface area contributed by atoms with Crippen LogP contribution in [0.15, 0.2) is 0 Å². The average Bonchev–Trinajstić information content (AvgIpc) is 2.28. The Morgan fingerprint density at radius 1 is 1.62 bits per heavy atom. The highest BCUT2D eigenvalue weighted by Crippen LogP contribution is 2.10. The van der Waals surface area contributed by atoms with Gasteiger partial charge in [0.15, 0.2) is 0 Å². The smallest absolute Gasteiger partial charge is 0.248 e. The Kier molecular flexibility index (Phi) is 5.68. The van der Waals surface area contributed by atoms with Crippen LogP contribution in [0.2, 0.25) is 0 Å². The summed E-state index contributed by atoms with van der Waals surface area (Å²) in [5.74, 6) is -0.0814. The lowest BCUT2D eigenvalue weighted by molar-refractivity contribution is -0.151. The second-order valence-corrected chi connectivity index (χ2v) is 3.89. The van der Waals surface area contributed by atoms with Crippen LogP contribution in [-0.4, -0.2) is 67.6 Å². The molecule has 1 aliphatic rings. The molecule has 1 rings (SSSR count). The molecule has 1 amide bonds. The molecule has 0 aromatic heterocycles. The molecule has 0 aromatic rings. The van der Waals surface area contributed by atoms with Crippen LogP contribution in [-0.2, 0) is 14.3 Å². The molecule has 0 aliphatic carbocycles. The first-order chi connectivity index (χ1) is 7.67. The predicted molar refractivity (Wildman–Crippen MR) is 57.9 cm³/mol. The Labute approximate surface area is 95.3 Å². The summed E-state index contributed by atoms with van der Waals surface area (Å²) in [4.78, 5) is 13.4. The minimum absolute atomic E-state index is 0.0437. The Hall–Kier alpha value is -0.690. The molecule has 6 nitrogen and oxygen atoms in total. The van der Waals surface area contributed by atoms with Gasteiger partial charge in [-0.3, -0.25) is 4.79 Å². The molecule has 0 aromatic carbocycles. The van der Waals surface area contributed by atoms with Crippen molar-refractivity contribution in [2.45, 2.75) is 19.1 Å². The minimum atomic E-state index is -0.290. The maximum Gasteiger partial charge on any atom is 0.248 e. The molecule has 0 spiro atoms. The number of hydrogen-bond donors (Lipinski definition) is 2. The lowest BCUT2D eigenvalue weighted by atomic mass is 10.2. The van der Waals surface area contributed by atoms with Crippen molar-refractivity contribution in [3.63, 3.8) is 0 Å². The fraction of sp³-hybridized carbons (Fsp3) is 0.900. The van der Waals surface area contributed by atoms with E-state index in [2.05, 4.69) is 0 Å². The van der Waals surface area contributed by atoms with Gasteiger partial charge in [0, 0.05) is 19.6 Å². The van der Waals surface area contributed by atoms with E-state index in [1.165, 1.54) is 0 Å². The van der Waals surface area contributed by atoms with Gasteiger partial charge in [-0.15, -0.1) is 0 Å². The molecule has 2 atom stereocenters. The zero-order chi connectivity index (χ0) is 12.0. The first-order valence-corrected chi connectivity index (χ1v) is 5.49. The number of nitrogens with zero attached hydrogens (tertiary/aromatic N) is 1. The van der Waals surface area contributed by atoms with Crippen LogP contribution >= 0.6 is 0 Å². The van der Waals surface area contributed by atoms with Gasteiger partial charge in [0.1, 0.15) is 6.61 Å². The number of hydrogen-bond acceptors (Lipinski definition) is 5. The molecule has 0 bridgehead atoms. The number of carbonyl (C=O) groups excluding carboxylic acids is 1. The summed E-state index contributed by atoms with van der Waals surface area (Å²) in [6.07, 6.45) is -0.341. The lowest BCUT2D eigenvalue weighted by Gasteiger charge is -2.36. The van der Waals surface area contributed by atoms with E-state index in [-0.39, 0.29) is 31.3 Å². The van der Waals surface area contributed by atoms with Crippen molar-refractivity contribution in [2.24, 2.45) is 5.73 Å². The number of nitrogens with two attached hydrogens (primary N) is 1. The zero-order valence-electron chi connectivity index (χ0n) is 9.59. The van der Waals surface area contributed by atoms with Crippen molar-refractivity contribution in [3.05, 3.63) is 0 Å². The van der Waals surface area contributed by atoms with Gasteiger partial charge in [-0.1, -0.05) is 0 Å². The van der Waals surface area contributed by atoms with Crippen LogP contribution in [0.3, 0.4) is 0 Å². The SMILES string of the molecule is CC1CN(C(=O)COCCN)CC(CO)O1. The Morgan fingerprint density at radius 3 is 3.00 bits per heavy atom. The molecule has 1 saturated heterocycles. The highest BCUT2D eigenvalue weighted by atomic mass is 16.5. The van der Waals surface area contributed by atoms with Crippen molar-refractivity contribution in [1.29, 1.82) is 0 Å². The molecular formula is C10H20N2O4. The summed E-state index contributed by atoms with van der Waals surface area (Å²) in [7, 11) is 0. The highest BCUT2D eigenvalue weighted by Gasteiger charge is 2.27. The summed E-state index contributed by atoms with van der Waals surface area (Å²) in [6.45, 7) is 3.61. The van der Waals surface area contributed by atoms with Crippen molar-refractivity contribution >= 4 is 5.91 Å². The van der Waals surface area contributed by atoms with Crippen LogP contribution in [0, 0.1) is 0 Å². The Balaban J connectivity index is 2.36. The van der Waals surface area contributed by atoms with Gasteiger partial charge in [0.05, 0.1) is 25.4 Å². The van der Waals surface area contributed by atoms with Crippen molar-refractivity contribution in [2.75, 3.05) is 39.5 Å². The van der Waals surface area contributed by atoms with Gasteiger partial charge in [-0.2, -0.15) is 0 Å². The summed E-state index contributed by atoms with van der Waals surface area (Å²) < 4.78 is 10.5. The normalized spacial score (nSPS) is 25.8. The van der Waals surface area contributed by atoms with E-state index in [0.717, 1.165) is 0 Å². The van der Waals surface area contributed by atoms with Gasteiger partial charge in [-0.05, 0) is 6.92 Å². The third kappa shape index (κ3) is 4.05. The molecule has 3 N–H and O–H groups in total. The fourth-order valence-corrected chi connectivity index (χ4v) is 1.68. The molecule has 1 aliphatic heterocycles. The molecule has 0 saturated carbocycles. The first-order valence-electron chi connectivity index (χ1n) is 5.49. The third-order valence-electron chi connectivity index (χ3n) is 2.37. The summed E-state index contributed by atoms with van der Waals surface area (Å²) in [5.41, 5.74) is 5.26. The number of amides is 1. The standard InChI is InChI=1S/C10H20N2O4/c1-8-4-12(5-9(6-13)16-8)10(14)7-15-3-2-11/h8-9,13H,2-7,11H2,1H3. The number of aliphatic hydroxyl groups is 1. The van der Waals surface area contributed by atoms with Crippen molar-refractivity contribution in [1.82, 2.24) is 4.90 Å². The van der Waals surface area contributed by atoms with E-state index in [1.807, 2.05) is 6.92 Å². The topological polar surface area (TPSA) is 85.0 Å². The van der Waals surface area contributed by atoms with Crippen molar-refractivity contribution in [3.8, 4) is 0 Å². The van der Waals surface area contributed by atoms with Gasteiger partial charge in [0.25, 0.3) is 0 Å². The van der Waals surface area contributed by atoms with E-state index in [4.69, 9.17) is 20.3 Å². The summed E-state index contributed by atoms with van der Waals surface area (Å²) in [5, 5.41) is 9.01. The van der Waals surface area contributed by atoms with E-state index in [1.54, 1.807) is 4.90 Å². The van der Waals surface area contributed by atoms with Gasteiger partial charge < -0.3 is 25.2 Å². The maximum atomic E-state index is 11.7. The van der Waals surface area contributed by atoms with Crippen LogP contribution in [0.1, 0.15) is 6.92 Å². The molecule has 1 fully saturated rings. The third-order valence-corrected chi connectivity index (χ3v) is 2.37. The number of rotatable bonds is 5. The van der Waals surface area contributed by atoms with Crippen LogP contribution in [0.4, 0.5) is 0 Å². The van der Waals surface area contributed by atoms with Gasteiger partial charge in [0.2, 0.25) is 5.91 Å². The predicted octanol–water partition coefficient (Wildman–Crippen LogP) is -1.43. The van der Waals surface area contributed by atoms with Gasteiger partial charge >= 0.3 is 0 Å². The largest absolute Gasteiger partial charge is 0.394 e. The average molecular weight is 232 g/mol. The summed E-state index contributed by atoms with van der Waals surface area (Å²) in [6, 6.07) is 0. The molecule has 1 heterocycles. The first kappa shape index (κ1) is 13.4. The molecule has 16 heavy (non-hydrogen) atoms. The van der Waals surface area contributed by atoms with Crippen LogP contribution in [0.25, 0.3) is 0 Å². The van der Waals surface area contributed by atoms with E-state index < -0.39 is 0 Å². The number of aliphatic hydroxyl groups excluding tert-OH is 1. The Bertz CT molecular complexity index is 225. The Morgan fingerprint density at radius 2 is 2.38 bits per heavy atom. The number of carbonyl (C=O) groups is 1. The summed E-state index contributed by atoms with van der Waals surface area (Å²) >= 11 is 0. The second-order valence-electron chi connectivity index (χ2n) is 3.89. The lowest BCUT2D eigenvalue weighted by Crippen LogP contribution is -2.51. The molecule has 94 valence electrons. The zero-order valence-corrected chi connectivity index (χ0v) is 9.59. The number of morpholine rings is 1. The maximum absolute atomic E-state index is 11.7. The molecule has 6 heteroatoms. The monoisotopic (exact) mass is 232 g/mol. The van der Waals surface area contributed by atoms with Crippen LogP contribution in [0.5, 0.6) is 0 Å². The second kappa shape index (κ2) is 6.80. The molecule has 2 unspecified atom stereocenters. The fourth-order valence-electron chi connectivity index (χ4n) is 1.68. The molecular weight excluding hydrogens is 212 g/mol. The highest BCUT2D eigenvalue weighted by molar-refractivity contribution is 5.77. The minimum Gasteiger partial charge on any atom is -0.394 e. The van der Waals surface area contributed by atoms with E-state index >= 15 is 0 Å². The van der Waals surface area contributed by atoms with E-state index in [9.17, 15) is 4.79 Å². The quantitative estimate of drug-likeness (QED) is 0.568.